The number of aliphatic hydroxyl groups is 1. The van der Waals surface area contributed by atoms with Gasteiger partial charge in [0.25, 0.3) is 0 Å². The number of benzene rings is 3. The average Bonchev–Trinajstić information content (AvgIpc) is 2.74. The highest BCUT2D eigenvalue weighted by Gasteiger charge is 2.09. The minimum absolute atomic E-state index is 0.482. The summed E-state index contributed by atoms with van der Waals surface area (Å²) in [6.45, 7) is 3.97. The number of fused-ring (bicyclic) bond motifs is 1. The topological polar surface area (TPSA) is 50.7 Å². The molecule has 0 heterocycles. The van der Waals surface area contributed by atoms with Crippen molar-refractivity contribution in [2.75, 3.05) is 20.3 Å². The number of unbranched alkanes of at least 4 members (excludes halogenated alkanes) is 1. The molecule has 0 aliphatic rings. The molecule has 2 N–H and O–H groups in total. The van der Waals surface area contributed by atoms with Gasteiger partial charge in [0.2, 0.25) is 0 Å². The lowest BCUT2D eigenvalue weighted by molar-refractivity contribution is 0.174. The summed E-state index contributed by atoms with van der Waals surface area (Å²) < 4.78 is 11.2. The normalized spacial score (nSPS) is 12.1. The second-order valence-corrected chi connectivity index (χ2v) is 6.94. The number of hydrogen-bond donors (Lipinski definition) is 2. The van der Waals surface area contributed by atoms with Crippen molar-refractivity contribution in [3.05, 3.63) is 71.8 Å². The summed E-state index contributed by atoms with van der Waals surface area (Å²) in [4.78, 5) is 0. The molecule has 4 heteroatoms. The van der Waals surface area contributed by atoms with E-state index >= 15 is 0 Å². The van der Waals surface area contributed by atoms with E-state index in [4.69, 9.17) is 9.47 Å². The van der Waals surface area contributed by atoms with Crippen LogP contribution in [0.1, 0.15) is 37.0 Å². The maximum absolute atomic E-state index is 10.5. The average molecular weight is 380 g/mol. The molecule has 1 unspecified atom stereocenters. The van der Waals surface area contributed by atoms with Crippen LogP contribution in [0.25, 0.3) is 10.8 Å². The summed E-state index contributed by atoms with van der Waals surface area (Å²) in [6.07, 6.45) is 1.58. The van der Waals surface area contributed by atoms with Gasteiger partial charge in [-0.2, -0.15) is 0 Å². The van der Waals surface area contributed by atoms with Gasteiger partial charge in [-0.05, 0) is 46.5 Å². The fourth-order valence-corrected chi connectivity index (χ4v) is 3.15. The van der Waals surface area contributed by atoms with E-state index < -0.39 is 6.10 Å². The van der Waals surface area contributed by atoms with E-state index in [0.29, 0.717) is 19.7 Å². The van der Waals surface area contributed by atoms with Crippen LogP contribution >= 0.6 is 0 Å². The van der Waals surface area contributed by atoms with E-state index in [-0.39, 0.29) is 0 Å². The molecule has 3 aromatic carbocycles. The van der Waals surface area contributed by atoms with Crippen molar-refractivity contribution in [1.82, 2.24) is 5.32 Å². The van der Waals surface area contributed by atoms with E-state index in [1.807, 2.05) is 42.5 Å². The van der Waals surface area contributed by atoms with Crippen LogP contribution in [0.5, 0.6) is 11.5 Å². The van der Waals surface area contributed by atoms with E-state index in [1.165, 1.54) is 5.39 Å². The molecule has 0 aromatic heterocycles. The number of hydrogen-bond acceptors (Lipinski definition) is 4. The number of nitrogens with one attached hydrogen (secondary N) is 1. The summed E-state index contributed by atoms with van der Waals surface area (Å²) in [6, 6.07) is 20.2. The van der Waals surface area contributed by atoms with Crippen LogP contribution in [0.3, 0.4) is 0 Å². The van der Waals surface area contributed by atoms with Gasteiger partial charge < -0.3 is 19.9 Å². The highest BCUT2D eigenvalue weighted by Crippen LogP contribution is 2.28. The van der Waals surface area contributed by atoms with E-state index in [9.17, 15) is 5.11 Å². The molecule has 0 radical (unpaired) electrons. The van der Waals surface area contributed by atoms with Crippen molar-refractivity contribution in [2.24, 2.45) is 0 Å². The molecule has 1 atom stereocenters. The molecule has 0 saturated carbocycles. The third-order valence-corrected chi connectivity index (χ3v) is 4.81. The molecule has 0 saturated heterocycles. The Balaban J connectivity index is 1.56. The number of ether oxygens (including phenoxy) is 2. The Bertz CT molecular complexity index is 894. The summed E-state index contributed by atoms with van der Waals surface area (Å²) in [7, 11) is 1.66. The van der Waals surface area contributed by atoms with Crippen molar-refractivity contribution in [3.8, 4) is 11.5 Å². The largest absolute Gasteiger partial charge is 0.493 e. The van der Waals surface area contributed by atoms with Crippen molar-refractivity contribution in [1.29, 1.82) is 0 Å². The number of aliphatic hydroxyl groups excluding tert-OH is 1. The molecule has 0 bridgehead atoms. The lowest BCUT2D eigenvalue weighted by atomic mass is 10.0. The predicted octanol–water partition coefficient (Wildman–Crippen LogP) is 4.85. The van der Waals surface area contributed by atoms with Crippen molar-refractivity contribution < 1.29 is 14.6 Å². The smallest absolute Gasteiger partial charge is 0.161 e. The Morgan fingerprint density at radius 1 is 0.964 bits per heavy atom. The first-order valence-electron chi connectivity index (χ1n) is 9.88. The minimum atomic E-state index is -0.553. The molecule has 0 fully saturated rings. The van der Waals surface area contributed by atoms with Crippen LogP contribution < -0.4 is 14.8 Å². The molecule has 3 aromatic rings. The zero-order chi connectivity index (χ0) is 19.8. The number of methoxy groups -OCH3 is 1. The van der Waals surface area contributed by atoms with Gasteiger partial charge in [-0.15, -0.1) is 0 Å². The van der Waals surface area contributed by atoms with E-state index in [1.54, 1.807) is 7.11 Å². The summed E-state index contributed by atoms with van der Waals surface area (Å²) in [5, 5.41) is 16.2. The van der Waals surface area contributed by atoms with Gasteiger partial charge in [-0.3, -0.25) is 0 Å². The molecular formula is C24H29NO3. The van der Waals surface area contributed by atoms with Crippen LogP contribution in [0, 0.1) is 0 Å². The molecular weight excluding hydrogens is 350 g/mol. The molecule has 3 rings (SSSR count). The first-order valence-corrected chi connectivity index (χ1v) is 9.88. The molecule has 0 amide bonds. The Labute approximate surface area is 167 Å². The van der Waals surface area contributed by atoms with Gasteiger partial charge in [0.05, 0.1) is 19.8 Å². The van der Waals surface area contributed by atoms with Crippen LogP contribution in [0.15, 0.2) is 60.7 Å². The molecule has 0 aliphatic carbocycles. The Kier molecular flexibility index (Phi) is 7.29. The maximum atomic E-state index is 10.5. The van der Waals surface area contributed by atoms with Gasteiger partial charge >= 0.3 is 0 Å². The van der Waals surface area contributed by atoms with Gasteiger partial charge in [0, 0.05) is 13.1 Å². The van der Waals surface area contributed by atoms with Crippen molar-refractivity contribution in [2.45, 2.75) is 32.4 Å². The SMILES string of the molecule is CCCCOc1ccc(CNCC(O)c2ccc3ccccc3c2)cc1OC. The Hall–Kier alpha value is -2.56. The highest BCUT2D eigenvalue weighted by atomic mass is 16.5. The fraction of sp³-hybridized carbons (Fsp3) is 0.333. The summed E-state index contributed by atoms with van der Waals surface area (Å²) >= 11 is 0. The molecule has 4 nitrogen and oxygen atoms in total. The first-order chi connectivity index (χ1) is 13.7. The molecule has 0 aliphatic heterocycles. The number of rotatable bonds is 10. The van der Waals surface area contributed by atoms with E-state index in [2.05, 4.69) is 30.4 Å². The second kappa shape index (κ2) is 10.1. The second-order valence-electron chi connectivity index (χ2n) is 6.94. The van der Waals surface area contributed by atoms with Crippen molar-refractivity contribution >= 4 is 10.8 Å². The summed E-state index contributed by atoms with van der Waals surface area (Å²) in [5.74, 6) is 1.52. The highest BCUT2D eigenvalue weighted by molar-refractivity contribution is 5.83. The molecule has 28 heavy (non-hydrogen) atoms. The molecule has 0 spiro atoms. The quantitative estimate of drug-likeness (QED) is 0.495. The Morgan fingerprint density at radius 2 is 1.79 bits per heavy atom. The summed E-state index contributed by atoms with van der Waals surface area (Å²) in [5.41, 5.74) is 2.01. The van der Waals surface area contributed by atoms with Gasteiger partial charge in [-0.25, -0.2) is 0 Å². The van der Waals surface area contributed by atoms with Gasteiger partial charge in [-0.1, -0.05) is 55.8 Å². The van der Waals surface area contributed by atoms with Crippen molar-refractivity contribution in [3.63, 3.8) is 0 Å². The first kappa shape index (κ1) is 20.2. The molecule has 148 valence electrons. The van der Waals surface area contributed by atoms with Crippen LogP contribution in [-0.2, 0) is 6.54 Å². The Morgan fingerprint density at radius 3 is 2.57 bits per heavy atom. The monoisotopic (exact) mass is 379 g/mol. The fourth-order valence-electron chi connectivity index (χ4n) is 3.15. The lowest BCUT2D eigenvalue weighted by Crippen LogP contribution is -2.21. The van der Waals surface area contributed by atoms with Crippen LogP contribution in [0.4, 0.5) is 0 Å². The van der Waals surface area contributed by atoms with E-state index in [0.717, 1.165) is 40.9 Å². The predicted molar refractivity (Wildman–Crippen MR) is 114 cm³/mol. The van der Waals surface area contributed by atoms with Crippen LogP contribution in [-0.4, -0.2) is 25.4 Å². The third-order valence-electron chi connectivity index (χ3n) is 4.81. The van der Waals surface area contributed by atoms with Gasteiger partial charge in [0.15, 0.2) is 11.5 Å². The minimum Gasteiger partial charge on any atom is -0.493 e. The maximum Gasteiger partial charge on any atom is 0.161 e. The standard InChI is InChI=1S/C24H29NO3/c1-3-4-13-28-23-12-9-18(14-24(23)27-2)16-25-17-22(26)21-11-10-19-7-5-6-8-20(19)15-21/h5-12,14-15,22,25-26H,3-4,13,16-17H2,1-2H3. The lowest BCUT2D eigenvalue weighted by Gasteiger charge is -2.15. The zero-order valence-electron chi connectivity index (χ0n) is 16.7. The van der Waals surface area contributed by atoms with Crippen LogP contribution in [0.2, 0.25) is 0 Å². The third kappa shape index (κ3) is 5.24. The zero-order valence-corrected chi connectivity index (χ0v) is 16.7. The van der Waals surface area contributed by atoms with Gasteiger partial charge in [0.1, 0.15) is 0 Å².